The number of hydrogen-bond acceptors (Lipinski definition) is 3. The fourth-order valence-corrected chi connectivity index (χ4v) is 2.14. The zero-order chi connectivity index (χ0) is 11.5. The van der Waals surface area contributed by atoms with Gasteiger partial charge < -0.3 is 10.1 Å². The lowest BCUT2D eigenvalue weighted by Crippen LogP contribution is -2.15. The molecule has 0 aromatic carbocycles. The SMILES string of the molecule is CCCNCCCCCOCc1cccs1. The molecule has 3 heteroatoms. The molecule has 1 aromatic rings. The van der Waals surface area contributed by atoms with Gasteiger partial charge in [-0.15, -0.1) is 11.3 Å². The van der Waals surface area contributed by atoms with Crippen molar-refractivity contribution in [2.24, 2.45) is 0 Å². The maximum Gasteiger partial charge on any atom is 0.0809 e. The Balaban J connectivity index is 1.78. The van der Waals surface area contributed by atoms with Gasteiger partial charge in [0.2, 0.25) is 0 Å². The molecule has 0 saturated heterocycles. The van der Waals surface area contributed by atoms with Crippen molar-refractivity contribution in [3.05, 3.63) is 22.4 Å². The largest absolute Gasteiger partial charge is 0.376 e. The molecule has 0 atom stereocenters. The van der Waals surface area contributed by atoms with Crippen molar-refractivity contribution in [3.8, 4) is 0 Å². The fourth-order valence-electron chi connectivity index (χ4n) is 1.50. The van der Waals surface area contributed by atoms with Crippen LogP contribution in [0.4, 0.5) is 0 Å². The van der Waals surface area contributed by atoms with E-state index in [4.69, 9.17) is 4.74 Å². The van der Waals surface area contributed by atoms with Crippen molar-refractivity contribution in [2.45, 2.75) is 39.2 Å². The average Bonchev–Trinajstić information content (AvgIpc) is 2.80. The van der Waals surface area contributed by atoms with Gasteiger partial charge in [-0.1, -0.05) is 13.0 Å². The normalized spacial score (nSPS) is 10.8. The van der Waals surface area contributed by atoms with Gasteiger partial charge in [0.15, 0.2) is 0 Å². The van der Waals surface area contributed by atoms with Crippen molar-refractivity contribution >= 4 is 11.3 Å². The standard InChI is InChI=1S/C13H23NOS/c1-2-8-14-9-4-3-5-10-15-12-13-7-6-11-16-13/h6-7,11,14H,2-5,8-10,12H2,1H3. The zero-order valence-corrected chi connectivity index (χ0v) is 11.0. The van der Waals surface area contributed by atoms with Crippen LogP contribution >= 0.6 is 11.3 Å². The van der Waals surface area contributed by atoms with E-state index in [1.807, 2.05) is 0 Å². The van der Waals surface area contributed by atoms with E-state index < -0.39 is 0 Å². The van der Waals surface area contributed by atoms with Crippen molar-refractivity contribution in [2.75, 3.05) is 19.7 Å². The highest BCUT2D eigenvalue weighted by atomic mass is 32.1. The fraction of sp³-hybridized carbons (Fsp3) is 0.692. The maximum atomic E-state index is 5.60. The van der Waals surface area contributed by atoms with E-state index in [9.17, 15) is 0 Å². The van der Waals surface area contributed by atoms with Gasteiger partial charge in [0, 0.05) is 11.5 Å². The predicted octanol–water partition coefficient (Wildman–Crippen LogP) is 3.43. The van der Waals surface area contributed by atoms with E-state index in [-0.39, 0.29) is 0 Å². The Bertz CT molecular complexity index is 236. The van der Waals surface area contributed by atoms with Gasteiger partial charge in [-0.25, -0.2) is 0 Å². The van der Waals surface area contributed by atoms with E-state index in [1.165, 1.54) is 30.6 Å². The summed E-state index contributed by atoms with van der Waals surface area (Å²) in [6, 6.07) is 4.20. The third kappa shape index (κ3) is 6.99. The Morgan fingerprint density at radius 1 is 1.25 bits per heavy atom. The molecule has 0 aliphatic rings. The monoisotopic (exact) mass is 241 g/mol. The smallest absolute Gasteiger partial charge is 0.0809 e. The van der Waals surface area contributed by atoms with Gasteiger partial charge in [-0.2, -0.15) is 0 Å². The van der Waals surface area contributed by atoms with E-state index in [2.05, 4.69) is 29.8 Å². The van der Waals surface area contributed by atoms with Crippen molar-refractivity contribution in [3.63, 3.8) is 0 Å². The average molecular weight is 241 g/mol. The molecular weight excluding hydrogens is 218 g/mol. The van der Waals surface area contributed by atoms with Crippen LogP contribution in [0.2, 0.25) is 0 Å². The topological polar surface area (TPSA) is 21.3 Å². The van der Waals surface area contributed by atoms with Crippen LogP contribution in [0.3, 0.4) is 0 Å². The number of unbranched alkanes of at least 4 members (excludes halogenated alkanes) is 2. The Morgan fingerprint density at radius 2 is 2.19 bits per heavy atom. The third-order valence-electron chi connectivity index (χ3n) is 2.39. The summed E-state index contributed by atoms with van der Waals surface area (Å²) >= 11 is 1.77. The summed E-state index contributed by atoms with van der Waals surface area (Å²) in [6.45, 7) is 6.18. The Labute approximate surface area is 103 Å². The van der Waals surface area contributed by atoms with Crippen LogP contribution in [0, 0.1) is 0 Å². The molecule has 0 aliphatic heterocycles. The molecule has 0 unspecified atom stereocenters. The van der Waals surface area contributed by atoms with E-state index >= 15 is 0 Å². The molecule has 0 saturated carbocycles. The minimum absolute atomic E-state index is 0.783. The lowest BCUT2D eigenvalue weighted by Gasteiger charge is -2.04. The van der Waals surface area contributed by atoms with Crippen molar-refractivity contribution in [1.29, 1.82) is 0 Å². The first kappa shape index (κ1) is 13.7. The molecule has 0 fully saturated rings. The summed E-state index contributed by atoms with van der Waals surface area (Å²) in [6.07, 6.45) is 4.94. The summed E-state index contributed by atoms with van der Waals surface area (Å²) in [5.41, 5.74) is 0. The van der Waals surface area contributed by atoms with Gasteiger partial charge in [-0.05, 0) is 50.2 Å². The molecule has 16 heavy (non-hydrogen) atoms. The first-order chi connectivity index (χ1) is 7.93. The van der Waals surface area contributed by atoms with Crippen molar-refractivity contribution < 1.29 is 4.74 Å². The quantitative estimate of drug-likeness (QED) is 0.634. The first-order valence-corrected chi connectivity index (χ1v) is 7.12. The van der Waals surface area contributed by atoms with E-state index in [0.717, 1.165) is 26.3 Å². The highest BCUT2D eigenvalue weighted by Gasteiger charge is 1.94. The van der Waals surface area contributed by atoms with Gasteiger partial charge in [0.1, 0.15) is 0 Å². The predicted molar refractivity (Wildman–Crippen MR) is 71.0 cm³/mol. The number of thiophene rings is 1. The Hall–Kier alpha value is -0.380. The van der Waals surface area contributed by atoms with Crippen LogP contribution in [-0.2, 0) is 11.3 Å². The second-order valence-corrected chi connectivity index (χ2v) is 4.97. The van der Waals surface area contributed by atoms with Crippen LogP contribution in [0.15, 0.2) is 17.5 Å². The van der Waals surface area contributed by atoms with Crippen LogP contribution in [0.1, 0.15) is 37.5 Å². The molecule has 92 valence electrons. The summed E-state index contributed by atoms with van der Waals surface area (Å²) in [7, 11) is 0. The lowest BCUT2D eigenvalue weighted by atomic mass is 10.2. The molecule has 1 rings (SSSR count). The van der Waals surface area contributed by atoms with E-state index in [1.54, 1.807) is 11.3 Å². The van der Waals surface area contributed by atoms with Gasteiger partial charge >= 0.3 is 0 Å². The van der Waals surface area contributed by atoms with Gasteiger partial charge in [-0.3, -0.25) is 0 Å². The first-order valence-electron chi connectivity index (χ1n) is 6.24. The summed E-state index contributed by atoms with van der Waals surface area (Å²) in [4.78, 5) is 1.32. The number of hydrogen-bond donors (Lipinski definition) is 1. The lowest BCUT2D eigenvalue weighted by molar-refractivity contribution is 0.119. The molecule has 1 aromatic heterocycles. The molecule has 0 radical (unpaired) electrons. The molecule has 1 N–H and O–H groups in total. The summed E-state index contributed by atoms with van der Waals surface area (Å²) in [5.74, 6) is 0. The number of nitrogens with one attached hydrogen (secondary N) is 1. The Morgan fingerprint density at radius 3 is 2.94 bits per heavy atom. The molecule has 0 bridgehead atoms. The van der Waals surface area contributed by atoms with Crippen LogP contribution in [0.5, 0.6) is 0 Å². The highest BCUT2D eigenvalue weighted by molar-refractivity contribution is 7.09. The zero-order valence-electron chi connectivity index (χ0n) is 10.2. The molecule has 0 amide bonds. The minimum Gasteiger partial charge on any atom is -0.376 e. The second-order valence-electron chi connectivity index (χ2n) is 3.94. The highest BCUT2D eigenvalue weighted by Crippen LogP contribution is 2.09. The molecule has 0 spiro atoms. The van der Waals surface area contributed by atoms with Crippen LogP contribution in [-0.4, -0.2) is 19.7 Å². The molecule has 0 aliphatic carbocycles. The van der Waals surface area contributed by atoms with Crippen LogP contribution in [0.25, 0.3) is 0 Å². The molecule has 2 nitrogen and oxygen atoms in total. The van der Waals surface area contributed by atoms with Crippen molar-refractivity contribution in [1.82, 2.24) is 5.32 Å². The van der Waals surface area contributed by atoms with E-state index in [0.29, 0.717) is 0 Å². The molecule has 1 heterocycles. The van der Waals surface area contributed by atoms with Gasteiger partial charge in [0.25, 0.3) is 0 Å². The molecular formula is C13H23NOS. The third-order valence-corrected chi connectivity index (χ3v) is 3.24. The summed E-state index contributed by atoms with van der Waals surface area (Å²) < 4.78 is 5.60. The maximum absolute atomic E-state index is 5.60. The Kier molecular flexibility index (Phi) is 8.40. The number of rotatable bonds is 10. The van der Waals surface area contributed by atoms with Crippen LogP contribution < -0.4 is 5.32 Å². The summed E-state index contributed by atoms with van der Waals surface area (Å²) in [5, 5.41) is 5.50. The number of ether oxygens (including phenoxy) is 1. The van der Waals surface area contributed by atoms with Gasteiger partial charge in [0.05, 0.1) is 6.61 Å². The second kappa shape index (κ2) is 9.82. The minimum atomic E-state index is 0.783.